The van der Waals surface area contributed by atoms with Crippen LogP contribution in [0.25, 0.3) is 0 Å². The van der Waals surface area contributed by atoms with E-state index in [0.29, 0.717) is 0 Å². The second-order valence-electron chi connectivity index (χ2n) is 5.33. The molecule has 0 spiro atoms. The summed E-state index contributed by atoms with van der Waals surface area (Å²) in [5.74, 6) is -1.83. The Hall–Kier alpha value is -3.95. The summed E-state index contributed by atoms with van der Waals surface area (Å²) < 4.78 is 14.5. The summed E-state index contributed by atoms with van der Waals surface area (Å²) in [6.07, 6.45) is 0. The lowest BCUT2D eigenvalue weighted by atomic mass is 10.1. The number of nitro groups is 1. The van der Waals surface area contributed by atoms with E-state index in [1.165, 1.54) is 50.6 Å². The van der Waals surface area contributed by atoms with Crippen LogP contribution < -0.4 is 10.1 Å². The highest BCUT2D eigenvalue weighted by Gasteiger charge is 2.16. The molecule has 1 N–H and O–H groups in total. The minimum Gasteiger partial charge on any atom is -0.495 e. The number of nitrogens with one attached hydrogen (secondary N) is 1. The summed E-state index contributed by atoms with van der Waals surface area (Å²) in [5, 5.41) is 13.2. The van der Waals surface area contributed by atoms with E-state index in [9.17, 15) is 24.5 Å². The first-order valence-electron chi connectivity index (χ1n) is 7.83. The summed E-state index contributed by atoms with van der Waals surface area (Å²) >= 11 is 0. The van der Waals surface area contributed by atoms with Crippen LogP contribution in [0.5, 0.6) is 5.75 Å². The Kier molecular flexibility index (Phi) is 6.63. The smallest absolute Gasteiger partial charge is 0.338 e. The normalized spacial score (nSPS) is 9.93. The number of hydrogen-bond donors (Lipinski definition) is 1. The van der Waals surface area contributed by atoms with Gasteiger partial charge in [0.2, 0.25) is 0 Å². The molecular weight excluding hydrogens is 372 g/mol. The van der Waals surface area contributed by atoms with E-state index >= 15 is 0 Å². The maximum absolute atomic E-state index is 12.0. The monoisotopic (exact) mass is 388 g/mol. The second-order valence-corrected chi connectivity index (χ2v) is 5.33. The van der Waals surface area contributed by atoms with Crippen LogP contribution in [0, 0.1) is 10.1 Å². The number of esters is 2. The van der Waals surface area contributed by atoms with Crippen LogP contribution in [-0.4, -0.2) is 43.6 Å². The fraction of sp³-hybridized carbons (Fsp3) is 0.167. The van der Waals surface area contributed by atoms with Gasteiger partial charge in [0.25, 0.3) is 11.6 Å². The van der Waals surface area contributed by atoms with Crippen LogP contribution in [0.1, 0.15) is 20.7 Å². The van der Waals surface area contributed by atoms with E-state index in [4.69, 9.17) is 9.47 Å². The molecule has 2 rings (SSSR count). The van der Waals surface area contributed by atoms with Crippen LogP contribution >= 0.6 is 0 Å². The highest BCUT2D eigenvalue weighted by atomic mass is 16.6. The molecule has 1 amide bonds. The molecule has 0 aliphatic heterocycles. The first-order valence-corrected chi connectivity index (χ1v) is 7.83. The lowest BCUT2D eigenvalue weighted by Gasteiger charge is -2.10. The third-order valence-corrected chi connectivity index (χ3v) is 3.54. The predicted octanol–water partition coefficient (Wildman–Crippen LogP) is 2.19. The Labute approximate surface area is 159 Å². The van der Waals surface area contributed by atoms with Crippen LogP contribution in [0.15, 0.2) is 42.5 Å². The van der Waals surface area contributed by atoms with Gasteiger partial charge in [-0.05, 0) is 30.3 Å². The molecule has 10 heteroatoms. The fourth-order valence-corrected chi connectivity index (χ4v) is 2.17. The van der Waals surface area contributed by atoms with Crippen molar-refractivity contribution >= 4 is 29.2 Å². The highest BCUT2D eigenvalue weighted by molar-refractivity contribution is 5.97. The molecule has 10 nitrogen and oxygen atoms in total. The summed E-state index contributed by atoms with van der Waals surface area (Å²) in [7, 11) is 2.58. The molecule has 0 unspecified atom stereocenters. The number of anilines is 1. The van der Waals surface area contributed by atoms with E-state index in [1.54, 1.807) is 0 Å². The number of methoxy groups -OCH3 is 2. The van der Waals surface area contributed by atoms with Gasteiger partial charge in [0.15, 0.2) is 6.61 Å². The summed E-state index contributed by atoms with van der Waals surface area (Å²) in [4.78, 5) is 45.6. The van der Waals surface area contributed by atoms with Gasteiger partial charge in [0.05, 0.1) is 36.0 Å². The zero-order valence-electron chi connectivity index (χ0n) is 15.0. The van der Waals surface area contributed by atoms with Crippen molar-refractivity contribution in [1.29, 1.82) is 0 Å². The molecule has 28 heavy (non-hydrogen) atoms. The molecule has 146 valence electrons. The Morgan fingerprint density at radius 2 is 1.61 bits per heavy atom. The quantitative estimate of drug-likeness (QED) is 0.433. The summed E-state index contributed by atoms with van der Waals surface area (Å²) in [5.41, 5.74) is 0.224. The fourth-order valence-electron chi connectivity index (χ4n) is 2.17. The van der Waals surface area contributed by atoms with E-state index in [1.807, 2.05) is 0 Å². The van der Waals surface area contributed by atoms with E-state index < -0.39 is 29.4 Å². The van der Waals surface area contributed by atoms with Gasteiger partial charge in [0, 0.05) is 12.1 Å². The van der Waals surface area contributed by atoms with Gasteiger partial charge in [-0.3, -0.25) is 14.9 Å². The second kappa shape index (κ2) is 9.12. The zero-order valence-corrected chi connectivity index (χ0v) is 15.0. The predicted molar refractivity (Wildman–Crippen MR) is 96.3 cm³/mol. The third kappa shape index (κ3) is 5.04. The summed E-state index contributed by atoms with van der Waals surface area (Å²) in [6, 6.07) is 9.18. The van der Waals surface area contributed by atoms with Crippen molar-refractivity contribution < 1.29 is 33.5 Å². The Morgan fingerprint density at radius 1 is 1.00 bits per heavy atom. The number of carbonyl (C=O) groups excluding carboxylic acids is 3. The number of hydrogen-bond acceptors (Lipinski definition) is 8. The maximum Gasteiger partial charge on any atom is 0.338 e. The minimum absolute atomic E-state index is 0.0696. The van der Waals surface area contributed by atoms with Crippen molar-refractivity contribution in [2.24, 2.45) is 0 Å². The molecule has 0 atom stereocenters. The van der Waals surface area contributed by atoms with Gasteiger partial charge < -0.3 is 19.5 Å². The van der Waals surface area contributed by atoms with E-state index in [-0.39, 0.29) is 28.3 Å². The largest absolute Gasteiger partial charge is 0.495 e. The van der Waals surface area contributed by atoms with Crippen LogP contribution in [-0.2, 0) is 14.3 Å². The molecule has 0 aliphatic rings. The van der Waals surface area contributed by atoms with Crippen molar-refractivity contribution in [2.45, 2.75) is 0 Å². The minimum atomic E-state index is -0.780. The number of rotatable bonds is 7. The van der Waals surface area contributed by atoms with Gasteiger partial charge in [0.1, 0.15) is 5.75 Å². The molecule has 0 fully saturated rings. The number of ether oxygens (including phenoxy) is 3. The third-order valence-electron chi connectivity index (χ3n) is 3.54. The standard InChI is InChI=1S/C18H16N2O8/c1-26-15-8-7-13(20(24)25)9-14(15)19-16(21)10-28-18(23)12-5-3-11(4-6-12)17(22)27-2/h3-9H,10H2,1-2H3,(H,19,21). The van der Waals surface area contributed by atoms with Crippen LogP contribution in [0.2, 0.25) is 0 Å². The lowest BCUT2D eigenvalue weighted by molar-refractivity contribution is -0.384. The molecular formula is C18H16N2O8. The molecule has 2 aromatic rings. The number of non-ortho nitro benzene ring substituents is 1. The number of nitro benzene ring substituents is 1. The Balaban J connectivity index is 1.98. The van der Waals surface area contributed by atoms with Gasteiger partial charge in [-0.2, -0.15) is 0 Å². The Bertz CT molecular complexity index is 908. The van der Waals surface area contributed by atoms with Crippen molar-refractivity contribution in [1.82, 2.24) is 0 Å². The number of benzene rings is 2. The van der Waals surface area contributed by atoms with E-state index in [0.717, 1.165) is 6.07 Å². The number of carbonyl (C=O) groups is 3. The first kappa shape index (κ1) is 20.4. The van der Waals surface area contributed by atoms with Crippen LogP contribution in [0.3, 0.4) is 0 Å². The molecule has 0 radical (unpaired) electrons. The maximum atomic E-state index is 12.0. The topological polar surface area (TPSA) is 134 Å². The molecule has 0 heterocycles. The van der Waals surface area contributed by atoms with E-state index in [2.05, 4.69) is 10.1 Å². The first-order chi connectivity index (χ1) is 13.3. The highest BCUT2D eigenvalue weighted by Crippen LogP contribution is 2.28. The molecule has 2 aromatic carbocycles. The molecule has 0 saturated carbocycles. The van der Waals surface area contributed by atoms with Crippen molar-refractivity contribution in [3.05, 3.63) is 63.7 Å². The van der Waals surface area contributed by atoms with Crippen molar-refractivity contribution in [3.8, 4) is 5.75 Å². The van der Waals surface area contributed by atoms with Gasteiger partial charge in [-0.1, -0.05) is 0 Å². The molecule has 0 bridgehead atoms. The van der Waals surface area contributed by atoms with Gasteiger partial charge >= 0.3 is 11.9 Å². The number of amides is 1. The Morgan fingerprint density at radius 3 is 2.14 bits per heavy atom. The van der Waals surface area contributed by atoms with Crippen molar-refractivity contribution in [3.63, 3.8) is 0 Å². The molecule has 0 aromatic heterocycles. The number of nitrogens with zero attached hydrogens (tertiary/aromatic N) is 1. The van der Waals surface area contributed by atoms with Crippen molar-refractivity contribution in [2.75, 3.05) is 26.1 Å². The lowest BCUT2D eigenvalue weighted by Crippen LogP contribution is -2.21. The van der Waals surface area contributed by atoms with Gasteiger partial charge in [-0.15, -0.1) is 0 Å². The molecule has 0 saturated heterocycles. The average molecular weight is 388 g/mol. The molecule has 0 aliphatic carbocycles. The average Bonchev–Trinajstić information content (AvgIpc) is 2.71. The van der Waals surface area contributed by atoms with Gasteiger partial charge in [-0.25, -0.2) is 9.59 Å². The van der Waals surface area contributed by atoms with Crippen LogP contribution in [0.4, 0.5) is 11.4 Å². The SMILES string of the molecule is COC(=O)c1ccc(C(=O)OCC(=O)Nc2cc([N+](=O)[O-])ccc2OC)cc1. The zero-order chi connectivity index (χ0) is 20.7. The summed E-state index contributed by atoms with van der Waals surface area (Å²) in [6.45, 7) is -0.622.